The first-order chi connectivity index (χ1) is 12.4. The number of rotatable bonds is 3. The Kier molecular flexibility index (Phi) is 4.79. The average molecular weight is 358 g/mol. The second-order valence-corrected chi connectivity index (χ2v) is 5.47. The number of fused-ring (bicyclic) bond motifs is 1. The summed E-state index contributed by atoms with van der Waals surface area (Å²) in [5.41, 5.74) is 0.250. The van der Waals surface area contributed by atoms with E-state index in [0.717, 1.165) is 17.7 Å². The molecular formula is C19H13F3N2O2. The van der Waals surface area contributed by atoms with Gasteiger partial charge in [0.1, 0.15) is 6.61 Å². The van der Waals surface area contributed by atoms with Crippen molar-refractivity contribution in [3.8, 4) is 0 Å². The van der Waals surface area contributed by atoms with Gasteiger partial charge in [0.2, 0.25) is 0 Å². The Hall–Kier alpha value is -3.09. The monoisotopic (exact) mass is 358 g/mol. The van der Waals surface area contributed by atoms with Crippen molar-refractivity contribution in [2.45, 2.75) is 12.8 Å². The number of benzene rings is 2. The standard InChI is InChI=1S/C19H13F3N2O2/c1-24(18(25)26-12-13-5-3-2-4-6-13)17-9-10-23-16-8-7-14(11-15(16)17)19(20,21)22/h1-11H,12H2. The number of amides is 1. The third-order valence-electron chi connectivity index (χ3n) is 3.71. The molecule has 3 rings (SSSR count). The van der Waals surface area contributed by atoms with Crippen LogP contribution in [0.15, 0.2) is 60.8 Å². The molecule has 0 atom stereocenters. The zero-order valence-electron chi connectivity index (χ0n) is 13.4. The van der Waals surface area contributed by atoms with Crippen LogP contribution < -0.4 is 4.90 Å². The maximum atomic E-state index is 13.0. The van der Waals surface area contributed by atoms with Crippen LogP contribution in [0.1, 0.15) is 11.1 Å². The number of halogens is 3. The van der Waals surface area contributed by atoms with Crippen molar-refractivity contribution in [2.24, 2.45) is 0 Å². The van der Waals surface area contributed by atoms with Gasteiger partial charge < -0.3 is 4.74 Å². The molecule has 26 heavy (non-hydrogen) atoms. The lowest BCUT2D eigenvalue weighted by Crippen LogP contribution is -2.25. The minimum atomic E-state index is -4.52. The fourth-order valence-corrected chi connectivity index (χ4v) is 2.41. The number of hydrogen-bond acceptors (Lipinski definition) is 3. The van der Waals surface area contributed by atoms with Crippen LogP contribution >= 0.6 is 0 Å². The van der Waals surface area contributed by atoms with Crippen LogP contribution in [0.3, 0.4) is 0 Å². The molecule has 1 amide bonds. The van der Waals surface area contributed by atoms with E-state index >= 15 is 0 Å². The third kappa shape index (κ3) is 3.77. The molecule has 1 heterocycles. The zero-order valence-corrected chi connectivity index (χ0v) is 13.4. The van der Waals surface area contributed by atoms with E-state index in [1.807, 2.05) is 6.07 Å². The highest BCUT2D eigenvalue weighted by atomic mass is 19.4. The average Bonchev–Trinajstić information content (AvgIpc) is 2.64. The summed E-state index contributed by atoms with van der Waals surface area (Å²) in [6, 6.07) is 13.3. The molecule has 0 aliphatic rings. The molecule has 132 valence electrons. The topological polar surface area (TPSA) is 42.4 Å². The second kappa shape index (κ2) is 7.03. The van der Waals surface area contributed by atoms with Gasteiger partial charge in [0, 0.05) is 11.6 Å². The fourth-order valence-electron chi connectivity index (χ4n) is 2.41. The molecule has 0 unspecified atom stereocenters. The van der Waals surface area contributed by atoms with Gasteiger partial charge in [0.05, 0.1) is 23.8 Å². The fraction of sp³-hybridized carbons (Fsp3) is 0.105. The van der Waals surface area contributed by atoms with Crippen molar-refractivity contribution in [1.82, 2.24) is 4.98 Å². The highest BCUT2D eigenvalue weighted by molar-refractivity contribution is 6.00. The highest BCUT2D eigenvalue weighted by Gasteiger charge is 2.31. The largest absolute Gasteiger partial charge is 0.444 e. The quantitative estimate of drug-likeness (QED) is 0.614. The molecule has 0 aliphatic carbocycles. The lowest BCUT2D eigenvalue weighted by atomic mass is 10.1. The normalized spacial score (nSPS) is 11.4. The van der Waals surface area contributed by atoms with Crippen molar-refractivity contribution in [3.63, 3.8) is 0 Å². The van der Waals surface area contributed by atoms with E-state index < -0.39 is 17.8 Å². The Morgan fingerprint density at radius 2 is 1.85 bits per heavy atom. The minimum Gasteiger partial charge on any atom is -0.444 e. The molecule has 0 saturated carbocycles. The molecule has 0 fully saturated rings. The second-order valence-electron chi connectivity index (χ2n) is 5.47. The molecule has 3 aromatic rings. The molecule has 2 radical (unpaired) electrons. The first-order valence-electron chi connectivity index (χ1n) is 7.58. The van der Waals surface area contributed by atoms with Crippen LogP contribution in [-0.2, 0) is 17.5 Å². The molecule has 0 aliphatic heterocycles. The lowest BCUT2D eigenvalue weighted by molar-refractivity contribution is -0.137. The third-order valence-corrected chi connectivity index (χ3v) is 3.71. The number of carbonyl (C=O) groups is 1. The maximum absolute atomic E-state index is 13.0. The molecule has 7 heteroatoms. The predicted octanol–water partition coefficient (Wildman–Crippen LogP) is 5.07. The van der Waals surface area contributed by atoms with Crippen molar-refractivity contribution >= 4 is 22.7 Å². The van der Waals surface area contributed by atoms with Gasteiger partial charge in [-0.1, -0.05) is 30.3 Å². The van der Waals surface area contributed by atoms with Crippen LogP contribution in [-0.4, -0.2) is 11.1 Å². The van der Waals surface area contributed by atoms with E-state index in [1.54, 1.807) is 24.3 Å². The first-order valence-corrected chi connectivity index (χ1v) is 7.58. The molecule has 0 spiro atoms. The minimum absolute atomic E-state index is 0.00973. The number of nitrogens with zero attached hydrogens (tertiary/aromatic N) is 2. The van der Waals surface area contributed by atoms with Crippen LogP contribution in [0.25, 0.3) is 10.9 Å². The summed E-state index contributed by atoms with van der Waals surface area (Å²) in [4.78, 5) is 16.9. The highest BCUT2D eigenvalue weighted by Crippen LogP contribution is 2.34. The number of hydrogen-bond donors (Lipinski definition) is 0. The number of anilines is 1. The van der Waals surface area contributed by atoms with Gasteiger partial charge in [-0.3, -0.25) is 9.88 Å². The number of pyridine rings is 1. The van der Waals surface area contributed by atoms with Gasteiger partial charge in [-0.25, -0.2) is 4.79 Å². The van der Waals surface area contributed by atoms with Gasteiger partial charge >= 0.3 is 12.3 Å². The van der Waals surface area contributed by atoms with Gasteiger partial charge in [0.15, 0.2) is 0 Å². The van der Waals surface area contributed by atoms with Crippen LogP contribution in [0, 0.1) is 7.05 Å². The van der Waals surface area contributed by atoms with E-state index in [-0.39, 0.29) is 23.2 Å². The van der Waals surface area contributed by atoms with E-state index in [2.05, 4.69) is 4.98 Å². The molecule has 4 nitrogen and oxygen atoms in total. The molecular weight excluding hydrogens is 345 g/mol. The molecule has 2 aromatic carbocycles. The van der Waals surface area contributed by atoms with Gasteiger partial charge in [-0.2, -0.15) is 13.2 Å². The van der Waals surface area contributed by atoms with Crippen molar-refractivity contribution < 1.29 is 22.7 Å². The predicted molar refractivity (Wildman–Crippen MR) is 90.2 cm³/mol. The summed E-state index contributed by atoms with van der Waals surface area (Å²) in [6.07, 6.45) is -4.05. The summed E-state index contributed by atoms with van der Waals surface area (Å²) in [6.45, 7) is -0.00973. The SMILES string of the molecule is [CH]N(C(=O)OCc1ccccc1)c1ccnc2ccc(C(F)(F)F)cc12. The maximum Gasteiger partial charge on any atom is 0.416 e. The Labute approximate surface area is 147 Å². The number of ether oxygens (including phenoxy) is 1. The van der Waals surface area contributed by atoms with E-state index in [9.17, 15) is 18.0 Å². The molecule has 1 aromatic heterocycles. The summed E-state index contributed by atoms with van der Waals surface area (Å²) in [5.74, 6) is 0. The number of alkyl halides is 3. The molecule has 0 N–H and O–H groups in total. The first kappa shape index (κ1) is 17.7. The summed E-state index contributed by atoms with van der Waals surface area (Å²) in [7, 11) is 5.78. The zero-order chi connectivity index (χ0) is 18.7. The van der Waals surface area contributed by atoms with Crippen molar-refractivity contribution in [1.29, 1.82) is 0 Å². The van der Waals surface area contributed by atoms with Crippen LogP contribution in [0.5, 0.6) is 0 Å². The smallest absolute Gasteiger partial charge is 0.416 e. The molecule has 0 saturated heterocycles. The number of carbonyl (C=O) groups excluding carboxylic acids is 1. The Morgan fingerprint density at radius 3 is 2.54 bits per heavy atom. The van der Waals surface area contributed by atoms with Crippen molar-refractivity contribution in [3.05, 3.63) is 79.0 Å². The van der Waals surface area contributed by atoms with Gasteiger partial charge in [-0.05, 0) is 29.8 Å². The summed E-state index contributed by atoms with van der Waals surface area (Å²) >= 11 is 0. The van der Waals surface area contributed by atoms with Gasteiger partial charge in [0.25, 0.3) is 0 Å². The van der Waals surface area contributed by atoms with E-state index in [1.165, 1.54) is 18.3 Å². The lowest BCUT2D eigenvalue weighted by Gasteiger charge is -2.19. The summed E-state index contributed by atoms with van der Waals surface area (Å²) in [5, 5.41) is 0.0986. The van der Waals surface area contributed by atoms with Crippen LogP contribution in [0.4, 0.5) is 23.7 Å². The Balaban J connectivity index is 1.87. The van der Waals surface area contributed by atoms with E-state index in [4.69, 9.17) is 11.8 Å². The Morgan fingerprint density at radius 1 is 1.12 bits per heavy atom. The Bertz CT molecular complexity index is 927. The van der Waals surface area contributed by atoms with E-state index in [0.29, 0.717) is 4.90 Å². The van der Waals surface area contributed by atoms with Crippen molar-refractivity contribution in [2.75, 3.05) is 4.90 Å². The van der Waals surface area contributed by atoms with Crippen LogP contribution in [0.2, 0.25) is 0 Å². The van der Waals surface area contributed by atoms with Gasteiger partial charge in [-0.15, -0.1) is 0 Å². The summed E-state index contributed by atoms with van der Waals surface area (Å²) < 4.78 is 44.0. The molecule has 0 bridgehead atoms. The number of aromatic nitrogens is 1.